The monoisotopic (exact) mass is 657 g/mol. The number of hydrogen-bond donors (Lipinski definition) is 2. The first-order chi connectivity index (χ1) is 23.9. The lowest BCUT2D eigenvalue weighted by molar-refractivity contribution is 0.145. The number of hydrogen-bond acceptors (Lipinski definition) is 7. The van der Waals surface area contributed by atoms with E-state index in [2.05, 4.69) is 50.3 Å². The maximum atomic E-state index is 17.0. The molecule has 248 valence electrons. The summed E-state index contributed by atoms with van der Waals surface area (Å²) in [5.41, 5.74) is 3.11. The average molecular weight is 658 g/mol. The molecule has 0 radical (unpaired) electrons. The van der Waals surface area contributed by atoms with Crippen molar-refractivity contribution in [3.63, 3.8) is 0 Å². The number of nitrogens with zero attached hydrogens (tertiary/aromatic N) is 4. The number of benzene rings is 4. The third-order valence-electron chi connectivity index (χ3n) is 11.0. The zero-order valence-electron chi connectivity index (χ0n) is 27.2. The molecule has 49 heavy (non-hydrogen) atoms. The summed E-state index contributed by atoms with van der Waals surface area (Å²) in [4.78, 5) is 14.1. The number of rotatable bonds is 7. The summed E-state index contributed by atoms with van der Waals surface area (Å²) in [6, 6.07) is 18.8. The quantitative estimate of drug-likeness (QED) is 0.192. The van der Waals surface area contributed by atoms with Crippen molar-refractivity contribution in [1.82, 2.24) is 20.2 Å². The van der Waals surface area contributed by atoms with E-state index >= 15 is 8.78 Å². The fourth-order valence-electron chi connectivity index (χ4n) is 8.32. The summed E-state index contributed by atoms with van der Waals surface area (Å²) in [5.74, 6) is 1.37. The lowest BCUT2D eigenvalue weighted by Crippen LogP contribution is -2.51. The summed E-state index contributed by atoms with van der Waals surface area (Å²) in [6.07, 6.45) is 11.0. The van der Waals surface area contributed by atoms with Crippen molar-refractivity contribution in [3.8, 4) is 35.2 Å². The van der Waals surface area contributed by atoms with E-state index in [0.29, 0.717) is 47.2 Å². The molecule has 0 amide bonds. The maximum absolute atomic E-state index is 17.0. The third kappa shape index (κ3) is 5.44. The predicted octanol–water partition coefficient (Wildman–Crippen LogP) is 6.57. The Kier molecular flexibility index (Phi) is 7.22. The van der Waals surface area contributed by atoms with Gasteiger partial charge in [0.15, 0.2) is 5.82 Å². The Bertz CT molecular complexity index is 2170. The van der Waals surface area contributed by atoms with E-state index in [0.717, 1.165) is 51.7 Å². The van der Waals surface area contributed by atoms with Gasteiger partial charge in [-0.25, -0.2) is 8.78 Å². The van der Waals surface area contributed by atoms with Crippen LogP contribution in [0.15, 0.2) is 60.7 Å². The Morgan fingerprint density at radius 1 is 1.00 bits per heavy atom. The van der Waals surface area contributed by atoms with Crippen LogP contribution >= 0.6 is 0 Å². The van der Waals surface area contributed by atoms with E-state index in [1.54, 1.807) is 18.2 Å². The van der Waals surface area contributed by atoms with Crippen LogP contribution in [-0.2, 0) is 13.0 Å². The number of anilines is 1. The summed E-state index contributed by atoms with van der Waals surface area (Å²) in [6.45, 7) is 4.61. The molecule has 2 N–H and O–H groups in total. The van der Waals surface area contributed by atoms with E-state index < -0.39 is 11.6 Å². The zero-order valence-corrected chi connectivity index (χ0v) is 27.2. The van der Waals surface area contributed by atoms with E-state index in [4.69, 9.17) is 16.1 Å². The third-order valence-corrected chi connectivity index (χ3v) is 11.0. The van der Waals surface area contributed by atoms with Crippen molar-refractivity contribution in [2.75, 3.05) is 37.7 Å². The molecule has 9 rings (SSSR count). The van der Waals surface area contributed by atoms with E-state index in [9.17, 15) is 5.11 Å². The van der Waals surface area contributed by atoms with Crippen LogP contribution < -0.4 is 15.0 Å². The first-order valence-electron chi connectivity index (χ1n) is 17.2. The molecule has 1 aliphatic carbocycles. The summed E-state index contributed by atoms with van der Waals surface area (Å²) in [7, 11) is 0. The topological polar surface area (TPSA) is 73.8 Å². The smallest absolute Gasteiger partial charge is 0.319 e. The Labute approximate surface area is 283 Å². The summed E-state index contributed by atoms with van der Waals surface area (Å²) >= 11 is 0. The van der Waals surface area contributed by atoms with Gasteiger partial charge in [-0.15, -0.1) is 6.42 Å². The highest BCUT2D eigenvalue weighted by molar-refractivity contribution is 6.04. The highest BCUT2D eigenvalue weighted by atomic mass is 19.1. The molecule has 2 unspecified atom stereocenters. The first-order valence-corrected chi connectivity index (χ1v) is 17.2. The van der Waals surface area contributed by atoms with Gasteiger partial charge in [0, 0.05) is 72.1 Å². The second-order valence-corrected chi connectivity index (χ2v) is 14.4. The highest BCUT2D eigenvalue weighted by Crippen LogP contribution is 2.47. The summed E-state index contributed by atoms with van der Waals surface area (Å²) in [5, 5.41) is 15.6. The Balaban J connectivity index is 1.10. The van der Waals surface area contributed by atoms with Gasteiger partial charge >= 0.3 is 6.01 Å². The highest BCUT2D eigenvalue weighted by Gasteiger charge is 2.45. The van der Waals surface area contributed by atoms with Gasteiger partial charge in [0.2, 0.25) is 0 Å². The van der Waals surface area contributed by atoms with Crippen LogP contribution in [0, 0.1) is 29.4 Å². The molecule has 9 heteroatoms. The van der Waals surface area contributed by atoms with Gasteiger partial charge in [-0.3, -0.25) is 4.90 Å². The van der Waals surface area contributed by atoms with Crippen LogP contribution in [0.25, 0.3) is 32.8 Å². The normalized spacial score (nSPS) is 21.1. The van der Waals surface area contributed by atoms with Gasteiger partial charge in [-0.05, 0) is 72.9 Å². The lowest BCUT2D eigenvalue weighted by Gasteiger charge is -2.34. The molecule has 4 aliphatic rings. The van der Waals surface area contributed by atoms with Crippen molar-refractivity contribution in [1.29, 1.82) is 0 Å². The van der Waals surface area contributed by atoms with E-state index in [1.165, 1.54) is 29.3 Å². The van der Waals surface area contributed by atoms with Gasteiger partial charge in [-0.1, -0.05) is 42.3 Å². The Morgan fingerprint density at radius 3 is 2.57 bits per heavy atom. The Morgan fingerprint density at radius 2 is 1.80 bits per heavy atom. The molecular formula is C40H37F2N5O2. The van der Waals surface area contributed by atoms with Crippen LogP contribution in [0.3, 0.4) is 0 Å². The second kappa shape index (κ2) is 11.7. The van der Waals surface area contributed by atoms with Crippen LogP contribution in [0.5, 0.6) is 11.8 Å². The fraction of sp³-hybridized carbons (Fsp3) is 0.350. The molecule has 3 aliphatic heterocycles. The number of aromatic hydroxyl groups is 1. The van der Waals surface area contributed by atoms with Crippen LogP contribution in [0.1, 0.15) is 42.4 Å². The minimum Gasteiger partial charge on any atom is -0.508 e. The predicted molar refractivity (Wildman–Crippen MR) is 187 cm³/mol. The molecule has 3 fully saturated rings. The number of fused-ring (bicyclic) bond motifs is 5. The van der Waals surface area contributed by atoms with Crippen LogP contribution in [0.4, 0.5) is 14.6 Å². The number of terminal acetylenes is 1. The number of halogens is 2. The number of phenolic OH excluding ortho intramolecular Hbond substituents is 1. The molecule has 1 aromatic heterocycles. The second-order valence-electron chi connectivity index (χ2n) is 14.4. The molecule has 2 bridgehead atoms. The average Bonchev–Trinajstić information content (AvgIpc) is 3.79. The molecule has 2 saturated heterocycles. The van der Waals surface area contributed by atoms with Gasteiger partial charge < -0.3 is 20.1 Å². The number of phenols is 1. The molecule has 5 aromatic rings. The van der Waals surface area contributed by atoms with Crippen LogP contribution in [0.2, 0.25) is 0 Å². The first kappa shape index (κ1) is 30.3. The minimum absolute atomic E-state index is 0.0163. The molecule has 0 spiro atoms. The number of aromatic nitrogens is 2. The molecule has 7 nitrogen and oxygen atoms in total. The molecule has 2 atom stereocenters. The largest absolute Gasteiger partial charge is 0.508 e. The van der Waals surface area contributed by atoms with E-state index in [-0.39, 0.29) is 45.9 Å². The summed E-state index contributed by atoms with van der Waals surface area (Å²) < 4.78 is 39.7. The SMILES string of the molecule is C#Cc1cccc2cc(O)cc(-c3c(F)cc4c(N5CC6CCC(C5)N6)nc(OCC5(CN6CCc7ccccc7C6)CC5)nc4c3F)c12. The Hall–Kier alpha value is -4.78. The van der Waals surface area contributed by atoms with Gasteiger partial charge in [0.05, 0.1) is 12.2 Å². The van der Waals surface area contributed by atoms with Crippen molar-refractivity contribution < 1.29 is 18.6 Å². The lowest BCUT2D eigenvalue weighted by atomic mass is 9.93. The van der Waals surface area contributed by atoms with Crippen molar-refractivity contribution >= 4 is 27.5 Å². The molecule has 4 aromatic carbocycles. The van der Waals surface area contributed by atoms with Crippen LogP contribution in [-0.4, -0.2) is 64.8 Å². The van der Waals surface area contributed by atoms with Crippen molar-refractivity contribution in [2.45, 2.75) is 50.7 Å². The molecule has 4 heterocycles. The van der Waals surface area contributed by atoms with Gasteiger partial charge in [-0.2, -0.15) is 9.97 Å². The standard InChI is InChI=1S/C40H37F2N5O2/c1-2-24-8-5-9-26-16-30(48)17-31(34(24)26)35-33(41)18-32-37(36(35)42)44-39(45-38(32)47-20-28-10-11-29(21-47)43-28)49-23-40(13-14-40)22-46-15-12-25-6-3-4-7-27(25)19-46/h1,3-9,16-18,28-29,43,48H,10-15,19-23H2. The van der Waals surface area contributed by atoms with Gasteiger partial charge in [0.25, 0.3) is 0 Å². The zero-order chi connectivity index (χ0) is 33.3. The van der Waals surface area contributed by atoms with Crippen molar-refractivity contribution in [3.05, 3.63) is 89.0 Å². The number of nitrogens with one attached hydrogen (secondary N) is 1. The fourth-order valence-corrected chi connectivity index (χ4v) is 8.32. The maximum Gasteiger partial charge on any atom is 0.319 e. The number of ether oxygens (including phenoxy) is 1. The number of piperazine rings is 1. The van der Waals surface area contributed by atoms with E-state index in [1.807, 2.05) is 0 Å². The molecule has 1 saturated carbocycles. The minimum atomic E-state index is -0.839. The van der Waals surface area contributed by atoms with Crippen molar-refractivity contribution in [2.24, 2.45) is 5.41 Å². The molecular weight excluding hydrogens is 620 g/mol. The van der Waals surface area contributed by atoms with Gasteiger partial charge in [0.1, 0.15) is 22.9 Å².